The van der Waals surface area contributed by atoms with Crippen LogP contribution in [0.15, 0.2) is 5.16 Å². The molecule has 0 rings (SSSR count). The molecular formula is C11H25N3O. The molecule has 4 heteroatoms. The van der Waals surface area contributed by atoms with Crippen molar-refractivity contribution in [2.75, 3.05) is 13.1 Å². The first-order valence-corrected chi connectivity index (χ1v) is 5.73. The van der Waals surface area contributed by atoms with Gasteiger partial charge in [0.05, 0.1) is 0 Å². The summed E-state index contributed by atoms with van der Waals surface area (Å²) in [6.45, 7) is 8.26. The number of nitrogens with zero attached hydrogens (tertiary/aromatic N) is 1. The lowest BCUT2D eigenvalue weighted by molar-refractivity contribution is 0.304. The van der Waals surface area contributed by atoms with E-state index in [-0.39, 0.29) is 5.41 Å². The van der Waals surface area contributed by atoms with E-state index in [9.17, 15) is 0 Å². The van der Waals surface area contributed by atoms with Gasteiger partial charge in [0.2, 0.25) is 0 Å². The molecule has 0 aromatic rings. The van der Waals surface area contributed by atoms with Crippen molar-refractivity contribution in [1.82, 2.24) is 5.32 Å². The number of rotatable bonds is 8. The van der Waals surface area contributed by atoms with Crippen molar-refractivity contribution in [1.29, 1.82) is 0 Å². The Hall–Kier alpha value is -0.770. The zero-order chi connectivity index (χ0) is 11.7. The molecule has 0 amide bonds. The summed E-state index contributed by atoms with van der Waals surface area (Å²) >= 11 is 0. The zero-order valence-electron chi connectivity index (χ0n) is 10.2. The second-order valence-electron chi connectivity index (χ2n) is 4.58. The molecule has 15 heavy (non-hydrogen) atoms. The molecule has 0 spiro atoms. The van der Waals surface area contributed by atoms with E-state index in [1.807, 2.05) is 13.8 Å². The quantitative estimate of drug-likeness (QED) is 0.190. The predicted molar refractivity (Wildman–Crippen MR) is 64.2 cm³/mol. The number of nitrogens with one attached hydrogen (secondary N) is 1. The lowest BCUT2D eigenvalue weighted by atomic mass is 9.86. The highest BCUT2D eigenvalue weighted by Gasteiger charge is 2.22. The number of nitrogens with two attached hydrogens (primary N) is 1. The number of unbranched alkanes of at least 4 members (excludes halogenated alkanes) is 1. The molecule has 0 fully saturated rings. The Labute approximate surface area is 92.9 Å². The molecule has 4 nitrogen and oxygen atoms in total. The van der Waals surface area contributed by atoms with Crippen LogP contribution in [0.2, 0.25) is 0 Å². The molecule has 0 aliphatic carbocycles. The van der Waals surface area contributed by atoms with Crippen molar-refractivity contribution < 1.29 is 5.21 Å². The molecule has 0 aromatic heterocycles. The summed E-state index contributed by atoms with van der Waals surface area (Å²) in [4.78, 5) is 0. The predicted octanol–water partition coefficient (Wildman–Crippen LogP) is 1.93. The SMILES string of the molecule is CCCCNCCCC(C)(C)C(N)=NO. The molecule has 0 atom stereocenters. The molecular weight excluding hydrogens is 190 g/mol. The van der Waals surface area contributed by atoms with Crippen molar-refractivity contribution in [2.24, 2.45) is 16.3 Å². The minimum absolute atomic E-state index is 0.207. The smallest absolute Gasteiger partial charge is 0.144 e. The lowest BCUT2D eigenvalue weighted by Crippen LogP contribution is -2.32. The number of hydrogen-bond donors (Lipinski definition) is 3. The first-order valence-electron chi connectivity index (χ1n) is 5.73. The highest BCUT2D eigenvalue weighted by atomic mass is 16.4. The Balaban J connectivity index is 3.58. The molecule has 0 bridgehead atoms. The maximum atomic E-state index is 8.59. The van der Waals surface area contributed by atoms with E-state index in [0.29, 0.717) is 5.84 Å². The van der Waals surface area contributed by atoms with Crippen molar-refractivity contribution in [3.63, 3.8) is 0 Å². The van der Waals surface area contributed by atoms with E-state index >= 15 is 0 Å². The highest BCUT2D eigenvalue weighted by molar-refractivity contribution is 5.85. The summed E-state index contributed by atoms with van der Waals surface area (Å²) in [6, 6.07) is 0. The minimum atomic E-state index is -0.207. The van der Waals surface area contributed by atoms with Crippen LogP contribution in [0.5, 0.6) is 0 Å². The molecule has 0 aliphatic rings. The number of hydrogen-bond acceptors (Lipinski definition) is 3. The molecule has 0 heterocycles. The summed E-state index contributed by atoms with van der Waals surface area (Å²) in [6.07, 6.45) is 4.43. The first-order chi connectivity index (χ1) is 7.04. The molecule has 0 saturated heterocycles. The number of amidine groups is 1. The van der Waals surface area contributed by atoms with Crippen LogP contribution in [0.3, 0.4) is 0 Å². The van der Waals surface area contributed by atoms with E-state index < -0.39 is 0 Å². The monoisotopic (exact) mass is 215 g/mol. The molecule has 90 valence electrons. The summed E-state index contributed by atoms with van der Waals surface area (Å²) in [5.74, 6) is 0.316. The van der Waals surface area contributed by atoms with E-state index in [1.54, 1.807) is 0 Å². The van der Waals surface area contributed by atoms with Gasteiger partial charge in [-0.1, -0.05) is 32.3 Å². The van der Waals surface area contributed by atoms with Crippen LogP contribution in [-0.4, -0.2) is 24.1 Å². The molecule has 0 aliphatic heterocycles. The van der Waals surface area contributed by atoms with E-state index in [2.05, 4.69) is 17.4 Å². The van der Waals surface area contributed by atoms with Crippen LogP contribution in [0.4, 0.5) is 0 Å². The van der Waals surface area contributed by atoms with E-state index in [0.717, 1.165) is 25.9 Å². The zero-order valence-corrected chi connectivity index (χ0v) is 10.2. The van der Waals surface area contributed by atoms with Gasteiger partial charge in [-0.3, -0.25) is 0 Å². The van der Waals surface area contributed by atoms with Crippen LogP contribution >= 0.6 is 0 Å². The standard InChI is InChI=1S/C11H25N3O/c1-4-5-8-13-9-6-7-11(2,3)10(12)14-15/h13,15H,4-9H2,1-3H3,(H2,12,14). The van der Waals surface area contributed by atoms with Crippen LogP contribution in [0.1, 0.15) is 46.5 Å². The van der Waals surface area contributed by atoms with Crippen molar-refractivity contribution >= 4 is 5.84 Å². The van der Waals surface area contributed by atoms with Crippen LogP contribution in [0.25, 0.3) is 0 Å². The third-order valence-corrected chi connectivity index (χ3v) is 2.66. The van der Waals surface area contributed by atoms with E-state index in [1.165, 1.54) is 12.8 Å². The van der Waals surface area contributed by atoms with Gasteiger partial charge in [0.25, 0.3) is 0 Å². The Morgan fingerprint density at radius 1 is 1.33 bits per heavy atom. The molecule has 0 saturated carbocycles. The van der Waals surface area contributed by atoms with Gasteiger partial charge in [0.1, 0.15) is 5.84 Å². The molecule has 0 aromatic carbocycles. The second kappa shape index (κ2) is 7.51. The van der Waals surface area contributed by atoms with Gasteiger partial charge >= 0.3 is 0 Å². The summed E-state index contributed by atoms with van der Waals surface area (Å²) in [7, 11) is 0. The lowest BCUT2D eigenvalue weighted by Gasteiger charge is -2.22. The van der Waals surface area contributed by atoms with Crippen LogP contribution in [0, 0.1) is 5.41 Å². The summed E-state index contributed by atoms with van der Waals surface area (Å²) in [5, 5.41) is 15.0. The Kier molecular flexibility index (Phi) is 7.13. The fraction of sp³-hybridized carbons (Fsp3) is 0.909. The minimum Gasteiger partial charge on any atom is -0.409 e. The van der Waals surface area contributed by atoms with Crippen molar-refractivity contribution in [2.45, 2.75) is 46.5 Å². The van der Waals surface area contributed by atoms with Crippen LogP contribution < -0.4 is 11.1 Å². The fourth-order valence-corrected chi connectivity index (χ4v) is 1.35. The Morgan fingerprint density at radius 2 is 1.93 bits per heavy atom. The van der Waals surface area contributed by atoms with Gasteiger partial charge in [-0.25, -0.2) is 0 Å². The van der Waals surface area contributed by atoms with Gasteiger partial charge in [0.15, 0.2) is 0 Å². The van der Waals surface area contributed by atoms with Crippen molar-refractivity contribution in [3.05, 3.63) is 0 Å². The topological polar surface area (TPSA) is 70.6 Å². The third kappa shape index (κ3) is 6.33. The van der Waals surface area contributed by atoms with Gasteiger partial charge < -0.3 is 16.3 Å². The molecule has 0 radical (unpaired) electrons. The largest absolute Gasteiger partial charge is 0.409 e. The normalized spacial score (nSPS) is 13.1. The van der Waals surface area contributed by atoms with E-state index in [4.69, 9.17) is 10.9 Å². The average Bonchev–Trinajstić information content (AvgIpc) is 2.22. The highest BCUT2D eigenvalue weighted by Crippen LogP contribution is 2.21. The van der Waals surface area contributed by atoms with Gasteiger partial charge in [-0.05, 0) is 32.4 Å². The Bertz CT molecular complexity index is 190. The maximum absolute atomic E-state index is 8.59. The number of oxime groups is 1. The molecule has 0 unspecified atom stereocenters. The fourth-order valence-electron chi connectivity index (χ4n) is 1.35. The molecule has 4 N–H and O–H groups in total. The average molecular weight is 215 g/mol. The van der Waals surface area contributed by atoms with Gasteiger partial charge in [0, 0.05) is 5.41 Å². The summed E-state index contributed by atoms with van der Waals surface area (Å²) in [5.41, 5.74) is 5.39. The summed E-state index contributed by atoms with van der Waals surface area (Å²) < 4.78 is 0. The van der Waals surface area contributed by atoms with Gasteiger partial charge in [-0.15, -0.1) is 0 Å². The third-order valence-electron chi connectivity index (χ3n) is 2.66. The van der Waals surface area contributed by atoms with Crippen molar-refractivity contribution in [3.8, 4) is 0 Å². The maximum Gasteiger partial charge on any atom is 0.144 e. The van der Waals surface area contributed by atoms with Gasteiger partial charge in [-0.2, -0.15) is 0 Å². The van der Waals surface area contributed by atoms with Crippen LogP contribution in [-0.2, 0) is 0 Å². The second-order valence-corrected chi connectivity index (χ2v) is 4.58. The Morgan fingerprint density at radius 3 is 2.47 bits per heavy atom. The first kappa shape index (κ1) is 14.2.